The van der Waals surface area contributed by atoms with Crippen molar-refractivity contribution in [1.29, 1.82) is 0 Å². The lowest BCUT2D eigenvalue weighted by Gasteiger charge is -2.34. The van der Waals surface area contributed by atoms with Gasteiger partial charge in [-0.05, 0) is 18.2 Å². The average Bonchev–Trinajstić information content (AvgIpc) is 2.38. The molecule has 2 rings (SSSR count). The number of nitrogens with zero attached hydrogens (tertiary/aromatic N) is 1. The Kier molecular flexibility index (Phi) is 3.77. The van der Waals surface area contributed by atoms with Gasteiger partial charge >= 0.3 is 6.18 Å². The standard InChI is InChI=1S/C12H15F3N2O/c13-12(14,15)9-2-1-3-10(6-9)17-4-5-18-11(7-16)8-17/h1-3,6,11H,4-5,7-8,16H2. The molecule has 0 spiro atoms. The van der Waals surface area contributed by atoms with Crippen LogP contribution >= 0.6 is 0 Å². The molecule has 6 heteroatoms. The van der Waals surface area contributed by atoms with Crippen LogP contribution in [0.3, 0.4) is 0 Å². The lowest BCUT2D eigenvalue weighted by atomic mass is 10.1. The predicted molar refractivity (Wildman–Crippen MR) is 62.5 cm³/mol. The smallest absolute Gasteiger partial charge is 0.373 e. The summed E-state index contributed by atoms with van der Waals surface area (Å²) in [6, 6.07) is 5.34. The molecule has 1 heterocycles. The van der Waals surface area contributed by atoms with Gasteiger partial charge in [0.1, 0.15) is 0 Å². The normalized spacial score (nSPS) is 21.1. The number of halogens is 3. The molecule has 18 heavy (non-hydrogen) atoms. The van der Waals surface area contributed by atoms with E-state index in [0.29, 0.717) is 31.9 Å². The highest BCUT2D eigenvalue weighted by atomic mass is 19.4. The molecule has 0 amide bonds. The maximum absolute atomic E-state index is 12.6. The minimum atomic E-state index is -4.31. The summed E-state index contributed by atoms with van der Waals surface area (Å²) < 4.78 is 43.2. The zero-order valence-corrected chi connectivity index (χ0v) is 9.78. The molecule has 1 fully saturated rings. The molecule has 1 unspecified atom stereocenters. The molecule has 3 nitrogen and oxygen atoms in total. The van der Waals surface area contributed by atoms with Crippen LogP contribution in [0.4, 0.5) is 18.9 Å². The summed E-state index contributed by atoms with van der Waals surface area (Å²) >= 11 is 0. The summed E-state index contributed by atoms with van der Waals surface area (Å²) in [5.41, 5.74) is 5.44. The lowest BCUT2D eigenvalue weighted by Crippen LogP contribution is -2.45. The average molecular weight is 260 g/mol. The van der Waals surface area contributed by atoms with E-state index in [1.807, 2.05) is 4.90 Å². The first-order valence-electron chi connectivity index (χ1n) is 5.74. The fraction of sp³-hybridized carbons (Fsp3) is 0.500. The fourth-order valence-corrected chi connectivity index (χ4v) is 1.98. The Morgan fingerprint density at radius 2 is 2.17 bits per heavy atom. The Balaban J connectivity index is 2.18. The highest BCUT2D eigenvalue weighted by molar-refractivity contribution is 5.49. The molecular weight excluding hydrogens is 245 g/mol. The van der Waals surface area contributed by atoms with Crippen molar-refractivity contribution in [1.82, 2.24) is 0 Å². The summed E-state index contributed by atoms with van der Waals surface area (Å²) in [6.07, 6.45) is -4.43. The second-order valence-electron chi connectivity index (χ2n) is 4.22. The van der Waals surface area contributed by atoms with Crippen LogP contribution in [0.1, 0.15) is 5.56 Å². The number of alkyl halides is 3. The summed E-state index contributed by atoms with van der Waals surface area (Å²) in [6.45, 7) is 1.96. The van der Waals surface area contributed by atoms with E-state index in [0.717, 1.165) is 6.07 Å². The maximum Gasteiger partial charge on any atom is 0.416 e. The Morgan fingerprint density at radius 1 is 1.39 bits per heavy atom. The number of benzene rings is 1. The molecule has 1 aliphatic heterocycles. The first-order chi connectivity index (χ1) is 8.50. The van der Waals surface area contributed by atoms with E-state index in [-0.39, 0.29) is 6.10 Å². The third-order valence-corrected chi connectivity index (χ3v) is 2.94. The molecule has 0 saturated carbocycles. The quantitative estimate of drug-likeness (QED) is 0.882. The first-order valence-corrected chi connectivity index (χ1v) is 5.74. The van der Waals surface area contributed by atoms with Crippen LogP contribution in [0.25, 0.3) is 0 Å². The molecule has 1 saturated heterocycles. The number of anilines is 1. The number of nitrogens with two attached hydrogens (primary N) is 1. The van der Waals surface area contributed by atoms with Crippen molar-refractivity contribution in [3.63, 3.8) is 0 Å². The van der Waals surface area contributed by atoms with Crippen LogP contribution in [-0.2, 0) is 10.9 Å². The van der Waals surface area contributed by atoms with Gasteiger partial charge in [-0.15, -0.1) is 0 Å². The second-order valence-corrected chi connectivity index (χ2v) is 4.22. The largest absolute Gasteiger partial charge is 0.416 e. The van der Waals surface area contributed by atoms with Crippen molar-refractivity contribution in [2.45, 2.75) is 12.3 Å². The third-order valence-electron chi connectivity index (χ3n) is 2.94. The lowest BCUT2D eigenvalue weighted by molar-refractivity contribution is -0.137. The van der Waals surface area contributed by atoms with Crippen LogP contribution in [-0.4, -0.2) is 32.3 Å². The van der Waals surface area contributed by atoms with Gasteiger partial charge < -0.3 is 15.4 Å². The molecular formula is C12H15F3N2O. The van der Waals surface area contributed by atoms with Crippen molar-refractivity contribution in [2.24, 2.45) is 5.73 Å². The van der Waals surface area contributed by atoms with E-state index in [1.54, 1.807) is 6.07 Å². The zero-order chi connectivity index (χ0) is 13.2. The summed E-state index contributed by atoms with van der Waals surface area (Å²) in [7, 11) is 0. The van der Waals surface area contributed by atoms with Crippen molar-refractivity contribution in [2.75, 3.05) is 31.1 Å². The van der Waals surface area contributed by atoms with Gasteiger partial charge in [0.05, 0.1) is 18.3 Å². The third kappa shape index (κ3) is 2.94. The molecule has 1 atom stereocenters. The van der Waals surface area contributed by atoms with E-state index >= 15 is 0 Å². The molecule has 0 aromatic heterocycles. The van der Waals surface area contributed by atoms with Gasteiger partial charge in [0.15, 0.2) is 0 Å². The zero-order valence-electron chi connectivity index (χ0n) is 9.78. The van der Waals surface area contributed by atoms with Crippen LogP contribution in [0.5, 0.6) is 0 Å². The molecule has 1 aromatic carbocycles. The van der Waals surface area contributed by atoms with Gasteiger partial charge in [-0.1, -0.05) is 6.07 Å². The monoisotopic (exact) mass is 260 g/mol. The number of ether oxygens (including phenoxy) is 1. The van der Waals surface area contributed by atoms with Crippen molar-refractivity contribution >= 4 is 5.69 Å². The first kappa shape index (κ1) is 13.2. The predicted octanol–water partition coefficient (Wildman–Crippen LogP) is 1.87. The van der Waals surface area contributed by atoms with Gasteiger partial charge in [0.25, 0.3) is 0 Å². The number of hydrogen-bond donors (Lipinski definition) is 1. The highest BCUT2D eigenvalue weighted by Crippen LogP contribution is 2.31. The Labute approximate surface area is 103 Å². The van der Waals surface area contributed by atoms with E-state index < -0.39 is 11.7 Å². The molecule has 2 N–H and O–H groups in total. The fourth-order valence-electron chi connectivity index (χ4n) is 1.98. The topological polar surface area (TPSA) is 38.5 Å². The van der Waals surface area contributed by atoms with E-state index in [1.165, 1.54) is 12.1 Å². The second kappa shape index (κ2) is 5.16. The van der Waals surface area contributed by atoms with Crippen molar-refractivity contribution in [3.8, 4) is 0 Å². The van der Waals surface area contributed by atoms with E-state index in [4.69, 9.17) is 10.5 Å². The molecule has 0 radical (unpaired) electrons. The number of rotatable bonds is 2. The van der Waals surface area contributed by atoms with Crippen LogP contribution in [0.2, 0.25) is 0 Å². The molecule has 1 aromatic rings. The SMILES string of the molecule is NCC1CN(c2cccc(C(F)(F)F)c2)CCO1. The van der Waals surface area contributed by atoms with Crippen LogP contribution in [0.15, 0.2) is 24.3 Å². The minimum absolute atomic E-state index is 0.117. The summed E-state index contributed by atoms with van der Waals surface area (Å²) in [5, 5.41) is 0. The Hall–Kier alpha value is -1.27. The van der Waals surface area contributed by atoms with Gasteiger partial charge in [-0.2, -0.15) is 13.2 Å². The van der Waals surface area contributed by atoms with Crippen LogP contribution < -0.4 is 10.6 Å². The molecule has 0 aliphatic carbocycles. The van der Waals surface area contributed by atoms with Crippen molar-refractivity contribution in [3.05, 3.63) is 29.8 Å². The highest BCUT2D eigenvalue weighted by Gasteiger charge is 2.31. The molecule has 0 bridgehead atoms. The minimum Gasteiger partial charge on any atom is -0.373 e. The van der Waals surface area contributed by atoms with E-state index in [2.05, 4.69) is 0 Å². The maximum atomic E-state index is 12.6. The Bertz CT molecular complexity index is 409. The van der Waals surface area contributed by atoms with Crippen molar-refractivity contribution < 1.29 is 17.9 Å². The molecule has 100 valence electrons. The van der Waals surface area contributed by atoms with Gasteiger partial charge in [0.2, 0.25) is 0 Å². The molecule has 1 aliphatic rings. The van der Waals surface area contributed by atoms with Gasteiger partial charge in [0, 0.05) is 25.3 Å². The number of hydrogen-bond acceptors (Lipinski definition) is 3. The van der Waals surface area contributed by atoms with Crippen LogP contribution in [0, 0.1) is 0 Å². The number of morpholine rings is 1. The summed E-state index contributed by atoms with van der Waals surface area (Å²) in [4.78, 5) is 1.87. The van der Waals surface area contributed by atoms with E-state index in [9.17, 15) is 13.2 Å². The summed E-state index contributed by atoms with van der Waals surface area (Å²) in [5.74, 6) is 0. The van der Waals surface area contributed by atoms with Gasteiger partial charge in [-0.25, -0.2) is 0 Å². The Morgan fingerprint density at radius 3 is 2.83 bits per heavy atom. The van der Waals surface area contributed by atoms with Gasteiger partial charge in [-0.3, -0.25) is 0 Å².